The average Bonchev–Trinajstić information content (AvgIpc) is 2.32. The number of hydrogen-bond donors (Lipinski definition) is 2. The van der Waals surface area contributed by atoms with Crippen molar-refractivity contribution in [3.63, 3.8) is 0 Å². The second-order valence-electron chi connectivity index (χ2n) is 3.13. The molecule has 0 aliphatic heterocycles. The maximum Gasteiger partial charge on any atom is 0.227 e. The quantitative estimate of drug-likeness (QED) is 0.827. The largest absolute Gasteiger partial charge is 0.390 e. The number of aliphatic hydroxyl groups is 1. The molecule has 0 saturated carbocycles. The van der Waals surface area contributed by atoms with Crippen LogP contribution in [0.4, 0.5) is 16.0 Å². The summed E-state index contributed by atoms with van der Waals surface area (Å²) in [7, 11) is 0. The van der Waals surface area contributed by atoms with Crippen molar-refractivity contribution in [1.29, 1.82) is 0 Å². The molecule has 0 aliphatic carbocycles. The Morgan fingerprint density at radius 2 is 2.06 bits per heavy atom. The smallest absolute Gasteiger partial charge is 0.227 e. The van der Waals surface area contributed by atoms with Gasteiger partial charge >= 0.3 is 0 Å². The molecule has 0 spiro atoms. The van der Waals surface area contributed by atoms with Gasteiger partial charge in [-0.1, -0.05) is 12.1 Å². The number of aromatic nitrogens is 2. The minimum Gasteiger partial charge on any atom is -0.390 e. The molecule has 2 aromatic rings. The van der Waals surface area contributed by atoms with Gasteiger partial charge in [0, 0.05) is 6.20 Å². The summed E-state index contributed by atoms with van der Waals surface area (Å²) in [5.41, 5.74) is 0.784. The van der Waals surface area contributed by atoms with E-state index in [-0.39, 0.29) is 18.4 Å². The minimum absolute atomic E-state index is 0.172. The number of anilines is 2. The summed E-state index contributed by atoms with van der Waals surface area (Å²) in [6, 6.07) is 7.84. The number of nitrogens with one attached hydrogen (secondary N) is 1. The number of aliphatic hydroxyl groups excluding tert-OH is 1. The van der Waals surface area contributed by atoms with Gasteiger partial charge in [-0.15, -0.1) is 0 Å². The number of nitrogens with zero attached hydrogens (tertiary/aromatic N) is 2. The van der Waals surface area contributed by atoms with Crippen LogP contribution in [0.25, 0.3) is 0 Å². The highest BCUT2D eigenvalue weighted by Gasteiger charge is 2.03. The highest BCUT2D eigenvalue weighted by Crippen LogP contribution is 2.16. The van der Waals surface area contributed by atoms with E-state index in [0.717, 1.165) is 0 Å². The van der Waals surface area contributed by atoms with E-state index in [2.05, 4.69) is 15.3 Å². The summed E-state index contributed by atoms with van der Waals surface area (Å²) in [6.07, 6.45) is 1.50. The van der Waals surface area contributed by atoms with Crippen LogP contribution in [0.15, 0.2) is 36.5 Å². The van der Waals surface area contributed by atoms with Crippen molar-refractivity contribution in [3.8, 4) is 0 Å². The van der Waals surface area contributed by atoms with Crippen LogP contribution >= 0.6 is 0 Å². The average molecular weight is 219 g/mol. The van der Waals surface area contributed by atoms with Gasteiger partial charge in [-0.3, -0.25) is 0 Å². The van der Waals surface area contributed by atoms with Crippen molar-refractivity contribution in [3.05, 3.63) is 48.0 Å². The Hall–Kier alpha value is -2.01. The molecule has 2 rings (SSSR count). The molecule has 2 N–H and O–H groups in total. The van der Waals surface area contributed by atoms with Gasteiger partial charge in [0.25, 0.3) is 0 Å². The molecule has 0 saturated heterocycles. The Morgan fingerprint density at radius 3 is 2.81 bits per heavy atom. The molecule has 0 unspecified atom stereocenters. The SMILES string of the molecule is OCc1ccnc(Nc2ccccc2F)n1. The number of hydrogen-bond acceptors (Lipinski definition) is 4. The summed E-state index contributed by atoms with van der Waals surface area (Å²) in [5, 5.41) is 11.6. The molecule has 16 heavy (non-hydrogen) atoms. The molecule has 1 aromatic heterocycles. The lowest BCUT2D eigenvalue weighted by molar-refractivity contribution is 0.277. The van der Waals surface area contributed by atoms with Crippen LogP contribution in [0.3, 0.4) is 0 Å². The van der Waals surface area contributed by atoms with E-state index in [1.165, 1.54) is 12.3 Å². The van der Waals surface area contributed by atoms with E-state index < -0.39 is 0 Å². The van der Waals surface area contributed by atoms with E-state index in [1.54, 1.807) is 24.3 Å². The first-order chi connectivity index (χ1) is 7.79. The Labute approximate surface area is 91.8 Å². The van der Waals surface area contributed by atoms with Crippen LogP contribution in [-0.2, 0) is 6.61 Å². The summed E-state index contributed by atoms with van der Waals surface area (Å²) in [5.74, 6) is -0.114. The molecular weight excluding hydrogens is 209 g/mol. The van der Waals surface area contributed by atoms with Gasteiger partial charge in [0.2, 0.25) is 5.95 Å². The molecule has 0 radical (unpaired) electrons. The van der Waals surface area contributed by atoms with Crippen molar-refractivity contribution in [2.75, 3.05) is 5.32 Å². The first kappa shape index (κ1) is 10.5. The highest BCUT2D eigenvalue weighted by atomic mass is 19.1. The van der Waals surface area contributed by atoms with Crippen LogP contribution in [0.2, 0.25) is 0 Å². The molecule has 0 bridgehead atoms. The molecular formula is C11H10FN3O. The molecule has 0 amide bonds. The lowest BCUT2D eigenvalue weighted by Gasteiger charge is -2.05. The van der Waals surface area contributed by atoms with Gasteiger partial charge < -0.3 is 10.4 Å². The van der Waals surface area contributed by atoms with Gasteiger partial charge in [0.1, 0.15) is 5.82 Å². The Kier molecular flexibility index (Phi) is 3.07. The Morgan fingerprint density at radius 1 is 1.25 bits per heavy atom. The zero-order valence-electron chi connectivity index (χ0n) is 8.39. The van der Waals surface area contributed by atoms with Crippen molar-refractivity contribution in [2.45, 2.75) is 6.61 Å². The van der Waals surface area contributed by atoms with Gasteiger partial charge in [-0.05, 0) is 18.2 Å². The Bertz CT molecular complexity index is 490. The molecule has 5 heteroatoms. The third-order valence-electron chi connectivity index (χ3n) is 2.00. The standard InChI is InChI=1S/C11H10FN3O/c12-9-3-1-2-4-10(9)15-11-13-6-5-8(7-16)14-11/h1-6,16H,7H2,(H,13,14,15). The number of benzene rings is 1. The summed E-state index contributed by atoms with van der Waals surface area (Å²) < 4.78 is 13.3. The van der Waals surface area contributed by atoms with Crippen molar-refractivity contribution < 1.29 is 9.50 Å². The van der Waals surface area contributed by atoms with Crippen LogP contribution < -0.4 is 5.32 Å². The third kappa shape index (κ3) is 2.32. The summed E-state index contributed by atoms with van der Waals surface area (Å²) >= 11 is 0. The van der Waals surface area contributed by atoms with E-state index >= 15 is 0 Å². The van der Waals surface area contributed by atoms with E-state index in [4.69, 9.17) is 5.11 Å². The van der Waals surface area contributed by atoms with E-state index in [1.807, 2.05) is 0 Å². The number of rotatable bonds is 3. The topological polar surface area (TPSA) is 58.0 Å². The lowest BCUT2D eigenvalue weighted by atomic mass is 10.3. The highest BCUT2D eigenvalue weighted by molar-refractivity contribution is 5.53. The normalized spacial score (nSPS) is 10.1. The van der Waals surface area contributed by atoms with Gasteiger partial charge in [0.15, 0.2) is 0 Å². The van der Waals surface area contributed by atoms with Gasteiger partial charge in [-0.2, -0.15) is 0 Å². The van der Waals surface area contributed by atoms with E-state index in [9.17, 15) is 4.39 Å². The van der Waals surface area contributed by atoms with Crippen molar-refractivity contribution >= 4 is 11.6 Å². The zero-order valence-corrected chi connectivity index (χ0v) is 8.39. The second-order valence-corrected chi connectivity index (χ2v) is 3.13. The maximum atomic E-state index is 13.3. The van der Waals surface area contributed by atoms with Crippen molar-refractivity contribution in [2.24, 2.45) is 0 Å². The second kappa shape index (κ2) is 4.67. The van der Waals surface area contributed by atoms with E-state index in [0.29, 0.717) is 11.4 Å². The zero-order chi connectivity index (χ0) is 11.4. The van der Waals surface area contributed by atoms with Gasteiger partial charge in [0.05, 0.1) is 18.0 Å². The molecule has 0 atom stereocenters. The monoisotopic (exact) mass is 219 g/mol. The predicted octanol–water partition coefficient (Wildman–Crippen LogP) is 1.85. The molecule has 4 nitrogen and oxygen atoms in total. The molecule has 82 valence electrons. The fourth-order valence-corrected chi connectivity index (χ4v) is 1.23. The lowest BCUT2D eigenvalue weighted by Crippen LogP contribution is -2.00. The molecule has 1 heterocycles. The van der Waals surface area contributed by atoms with Crippen LogP contribution in [0.5, 0.6) is 0 Å². The van der Waals surface area contributed by atoms with Gasteiger partial charge in [-0.25, -0.2) is 14.4 Å². The fraction of sp³-hybridized carbons (Fsp3) is 0.0909. The number of halogens is 1. The van der Waals surface area contributed by atoms with Crippen LogP contribution in [-0.4, -0.2) is 15.1 Å². The summed E-state index contributed by atoms with van der Waals surface area (Å²) in [4.78, 5) is 7.91. The maximum absolute atomic E-state index is 13.3. The predicted molar refractivity (Wildman–Crippen MR) is 57.6 cm³/mol. The molecule has 0 fully saturated rings. The first-order valence-electron chi connectivity index (χ1n) is 4.74. The first-order valence-corrected chi connectivity index (χ1v) is 4.74. The molecule has 1 aromatic carbocycles. The fourth-order valence-electron chi connectivity index (χ4n) is 1.23. The van der Waals surface area contributed by atoms with Crippen LogP contribution in [0.1, 0.15) is 5.69 Å². The van der Waals surface area contributed by atoms with Crippen molar-refractivity contribution in [1.82, 2.24) is 9.97 Å². The summed E-state index contributed by atoms with van der Waals surface area (Å²) in [6.45, 7) is -0.172. The Balaban J connectivity index is 2.24. The minimum atomic E-state index is -0.375. The van der Waals surface area contributed by atoms with Crippen LogP contribution in [0, 0.1) is 5.82 Å². The third-order valence-corrected chi connectivity index (χ3v) is 2.00. The number of para-hydroxylation sites is 1. The molecule has 0 aliphatic rings.